The quantitative estimate of drug-likeness (QED) is 0.341. The van der Waals surface area contributed by atoms with Crippen LogP contribution < -0.4 is 9.46 Å². The molecule has 0 fully saturated rings. The van der Waals surface area contributed by atoms with Gasteiger partial charge in [-0.05, 0) is 64.9 Å². The predicted octanol–water partition coefficient (Wildman–Crippen LogP) is 4.95. The topological polar surface area (TPSA) is 105 Å². The maximum Gasteiger partial charge on any atom is 0.309 e. The number of benzene rings is 4. The van der Waals surface area contributed by atoms with E-state index in [0.717, 1.165) is 11.5 Å². The number of hydrogen-bond acceptors (Lipinski definition) is 6. The van der Waals surface area contributed by atoms with Crippen molar-refractivity contribution in [1.29, 1.82) is 5.26 Å². The zero-order valence-electron chi connectivity index (χ0n) is 19.2. The zero-order chi connectivity index (χ0) is 25.7. The third kappa shape index (κ3) is 5.79. The summed E-state index contributed by atoms with van der Waals surface area (Å²) in [6.07, 6.45) is 0.0995. The van der Waals surface area contributed by atoms with E-state index in [1.54, 1.807) is 54.6 Å². The van der Waals surface area contributed by atoms with Crippen molar-refractivity contribution in [3.05, 3.63) is 101 Å². The van der Waals surface area contributed by atoms with Gasteiger partial charge in [-0.2, -0.15) is 5.26 Å². The van der Waals surface area contributed by atoms with Gasteiger partial charge in [-0.25, -0.2) is 12.8 Å². The number of esters is 1. The Bertz CT molecular complexity index is 1580. The Kier molecular flexibility index (Phi) is 7.17. The van der Waals surface area contributed by atoms with Crippen LogP contribution in [0.1, 0.15) is 16.7 Å². The summed E-state index contributed by atoms with van der Waals surface area (Å²) in [4.78, 5) is 11.5. The van der Waals surface area contributed by atoms with Crippen LogP contribution in [0.15, 0.2) is 83.8 Å². The fourth-order valence-electron chi connectivity index (χ4n) is 3.50. The summed E-state index contributed by atoms with van der Waals surface area (Å²) in [5.74, 6) is -0.406. The number of rotatable bonds is 8. The molecular formula is C27H21FN2O5S. The lowest BCUT2D eigenvalue weighted by molar-refractivity contribution is -0.139. The Hall–Kier alpha value is -4.42. The average Bonchev–Trinajstić information content (AvgIpc) is 2.88. The third-order valence-electron chi connectivity index (χ3n) is 5.45. The Morgan fingerprint density at radius 2 is 1.69 bits per heavy atom. The molecule has 0 heterocycles. The average molecular weight is 505 g/mol. The number of anilines is 1. The van der Waals surface area contributed by atoms with E-state index in [-0.39, 0.29) is 29.5 Å². The number of nitriles is 1. The fourth-order valence-corrected chi connectivity index (χ4v) is 4.59. The van der Waals surface area contributed by atoms with Gasteiger partial charge in [0.15, 0.2) is 0 Å². The smallest absolute Gasteiger partial charge is 0.309 e. The first-order chi connectivity index (χ1) is 17.3. The first kappa shape index (κ1) is 24.7. The van der Waals surface area contributed by atoms with Crippen molar-refractivity contribution < 1.29 is 27.1 Å². The number of carbonyl (C=O) groups is 1. The van der Waals surface area contributed by atoms with Crippen LogP contribution in [-0.4, -0.2) is 21.5 Å². The summed E-state index contributed by atoms with van der Waals surface area (Å²) >= 11 is 0. The van der Waals surface area contributed by atoms with Gasteiger partial charge >= 0.3 is 5.97 Å². The summed E-state index contributed by atoms with van der Waals surface area (Å²) in [5, 5.41) is 10.3. The van der Waals surface area contributed by atoms with E-state index in [9.17, 15) is 17.6 Å². The number of carbonyl (C=O) groups excluding carboxylic acids is 1. The second-order valence-electron chi connectivity index (χ2n) is 7.93. The van der Waals surface area contributed by atoms with Crippen LogP contribution in [0, 0.1) is 17.1 Å². The normalized spacial score (nSPS) is 11.0. The van der Waals surface area contributed by atoms with Crippen molar-refractivity contribution in [1.82, 2.24) is 0 Å². The van der Waals surface area contributed by atoms with E-state index in [1.807, 2.05) is 6.07 Å². The molecule has 0 aliphatic rings. The highest BCUT2D eigenvalue weighted by atomic mass is 32.2. The summed E-state index contributed by atoms with van der Waals surface area (Å²) in [6, 6.07) is 22.4. The van der Waals surface area contributed by atoms with Crippen LogP contribution in [0.5, 0.6) is 5.75 Å². The SMILES string of the molecule is COC(=O)Cc1ccc(NS(=O)(=O)c2ccc3cc(OCc4ccc(C#N)cc4F)ccc3c2)cc1. The predicted molar refractivity (Wildman–Crippen MR) is 132 cm³/mol. The zero-order valence-corrected chi connectivity index (χ0v) is 20.0. The van der Waals surface area contributed by atoms with Gasteiger partial charge in [0.1, 0.15) is 18.2 Å². The van der Waals surface area contributed by atoms with Gasteiger partial charge in [-0.1, -0.05) is 30.3 Å². The maximum absolute atomic E-state index is 14.1. The minimum absolute atomic E-state index is 0.0160. The minimum Gasteiger partial charge on any atom is -0.489 e. The van der Waals surface area contributed by atoms with Crippen LogP contribution in [0.25, 0.3) is 10.8 Å². The van der Waals surface area contributed by atoms with E-state index in [0.29, 0.717) is 28.0 Å². The molecule has 0 unspecified atom stereocenters. The molecule has 0 amide bonds. The van der Waals surface area contributed by atoms with Crippen LogP contribution in [0.4, 0.5) is 10.1 Å². The molecule has 0 radical (unpaired) electrons. The first-order valence-corrected chi connectivity index (χ1v) is 12.3. The van der Waals surface area contributed by atoms with Crippen LogP contribution in [0.3, 0.4) is 0 Å². The van der Waals surface area contributed by atoms with Crippen LogP contribution in [0.2, 0.25) is 0 Å². The molecule has 0 spiro atoms. The Labute approximate surface area is 207 Å². The molecule has 0 saturated heterocycles. The highest BCUT2D eigenvalue weighted by Gasteiger charge is 2.15. The number of nitrogens with one attached hydrogen (secondary N) is 1. The first-order valence-electron chi connectivity index (χ1n) is 10.8. The molecule has 9 heteroatoms. The van der Waals surface area contributed by atoms with Crippen molar-refractivity contribution in [2.75, 3.05) is 11.8 Å². The van der Waals surface area contributed by atoms with Gasteiger partial charge in [-0.15, -0.1) is 0 Å². The largest absolute Gasteiger partial charge is 0.489 e. The van der Waals surface area contributed by atoms with Crippen molar-refractivity contribution in [2.45, 2.75) is 17.9 Å². The summed E-state index contributed by atoms with van der Waals surface area (Å²) in [7, 11) is -2.54. The monoisotopic (exact) mass is 504 g/mol. The standard InChI is InChI=1S/C27H21FN2O5S/c1-34-27(31)13-18-3-8-23(9-4-18)30-36(32,33)25-11-7-20-14-24(10-6-21(20)15-25)35-17-22-5-2-19(16-29)12-26(22)28/h2-12,14-15,30H,13,17H2,1H3. The summed E-state index contributed by atoms with van der Waals surface area (Å²) in [6.45, 7) is -0.0160. The molecule has 1 N–H and O–H groups in total. The molecule has 4 aromatic carbocycles. The Balaban J connectivity index is 1.46. The summed E-state index contributed by atoms with van der Waals surface area (Å²) < 4.78 is 52.7. The molecule has 36 heavy (non-hydrogen) atoms. The highest BCUT2D eigenvalue weighted by molar-refractivity contribution is 7.92. The van der Waals surface area contributed by atoms with Crippen molar-refractivity contribution in [3.8, 4) is 11.8 Å². The van der Waals surface area contributed by atoms with Gasteiger partial charge in [-0.3, -0.25) is 9.52 Å². The maximum atomic E-state index is 14.1. The van der Waals surface area contributed by atoms with E-state index >= 15 is 0 Å². The number of methoxy groups -OCH3 is 1. The van der Waals surface area contributed by atoms with Crippen molar-refractivity contribution >= 4 is 32.5 Å². The Morgan fingerprint density at radius 3 is 2.39 bits per heavy atom. The lowest BCUT2D eigenvalue weighted by Crippen LogP contribution is -2.13. The second kappa shape index (κ2) is 10.5. The van der Waals surface area contributed by atoms with Gasteiger partial charge in [0.2, 0.25) is 0 Å². The molecule has 182 valence electrons. The molecule has 4 aromatic rings. The van der Waals surface area contributed by atoms with Gasteiger partial charge in [0.25, 0.3) is 10.0 Å². The van der Waals surface area contributed by atoms with E-state index < -0.39 is 15.8 Å². The molecular weight excluding hydrogens is 483 g/mol. The third-order valence-corrected chi connectivity index (χ3v) is 6.83. The molecule has 0 saturated carbocycles. The minimum atomic E-state index is -3.85. The number of sulfonamides is 1. The molecule has 0 aromatic heterocycles. The number of ether oxygens (including phenoxy) is 2. The van der Waals surface area contributed by atoms with Gasteiger partial charge in [0.05, 0.1) is 30.1 Å². The number of halogens is 1. The second-order valence-corrected chi connectivity index (χ2v) is 9.62. The summed E-state index contributed by atoms with van der Waals surface area (Å²) in [5.41, 5.74) is 1.62. The fraction of sp³-hybridized carbons (Fsp3) is 0.111. The molecule has 0 bridgehead atoms. The van der Waals surface area contributed by atoms with Crippen LogP contribution >= 0.6 is 0 Å². The molecule has 0 aliphatic carbocycles. The highest BCUT2D eigenvalue weighted by Crippen LogP contribution is 2.26. The molecule has 0 aliphatic heterocycles. The number of fused-ring (bicyclic) bond motifs is 1. The Morgan fingerprint density at radius 1 is 0.972 bits per heavy atom. The number of nitrogens with zero attached hydrogens (tertiary/aromatic N) is 1. The van der Waals surface area contributed by atoms with Crippen molar-refractivity contribution in [2.24, 2.45) is 0 Å². The number of hydrogen-bond donors (Lipinski definition) is 1. The van der Waals surface area contributed by atoms with E-state index in [1.165, 1.54) is 25.3 Å². The van der Waals surface area contributed by atoms with Crippen LogP contribution in [-0.2, 0) is 32.6 Å². The molecule has 7 nitrogen and oxygen atoms in total. The molecule has 4 rings (SSSR count). The van der Waals surface area contributed by atoms with E-state index in [4.69, 9.17) is 10.00 Å². The van der Waals surface area contributed by atoms with Gasteiger partial charge in [0, 0.05) is 11.3 Å². The van der Waals surface area contributed by atoms with E-state index in [2.05, 4.69) is 9.46 Å². The molecule has 0 atom stereocenters. The van der Waals surface area contributed by atoms with Gasteiger partial charge < -0.3 is 9.47 Å². The lowest BCUT2D eigenvalue weighted by Gasteiger charge is -2.11. The lowest BCUT2D eigenvalue weighted by atomic mass is 10.1. The van der Waals surface area contributed by atoms with Crippen molar-refractivity contribution in [3.63, 3.8) is 0 Å².